The molecule has 3 rings (SSSR count). The number of nitrogens with one attached hydrogen (secondary N) is 1. The number of anilines is 1. The minimum Gasteiger partial charge on any atom is -0.396 e. The normalized spacial score (nSPS) is 27.2. The van der Waals surface area contributed by atoms with Crippen molar-refractivity contribution in [2.45, 2.75) is 70.5 Å². The lowest BCUT2D eigenvalue weighted by Gasteiger charge is -2.34. The van der Waals surface area contributed by atoms with Crippen LogP contribution < -0.4 is 10.2 Å². The van der Waals surface area contributed by atoms with Crippen LogP contribution >= 0.6 is 0 Å². The molecule has 138 valence electrons. The third-order valence-corrected chi connectivity index (χ3v) is 5.75. The van der Waals surface area contributed by atoms with E-state index < -0.39 is 0 Å². The van der Waals surface area contributed by atoms with Gasteiger partial charge in [0.25, 0.3) is 0 Å². The number of amides is 1. The molecule has 1 aliphatic carbocycles. The second-order valence-electron chi connectivity index (χ2n) is 7.69. The molecule has 2 fully saturated rings. The van der Waals surface area contributed by atoms with E-state index in [1.54, 1.807) is 12.4 Å². The highest BCUT2D eigenvalue weighted by molar-refractivity contribution is 5.86. The number of aromatic nitrogens is 2. The second kappa shape index (κ2) is 8.13. The van der Waals surface area contributed by atoms with Gasteiger partial charge in [-0.25, -0.2) is 9.97 Å². The highest BCUT2D eigenvalue weighted by Crippen LogP contribution is 2.41. The summed E-state index contributed by atoms with van der Waals surface area (Å²) in [7, 11) is 0. The quantitative estimate of drug-likeness (QED) is 0.825. The molecule has 1 aromatic heterocycles. The van der Waals surface area contributed by atoms with E-state index in [2.05, 4.69) is 34.0 Å². The second-order valence-corrected chi connectivity index (χ2v) is 7.69. The van der Waals surface area contributed by atoms with Crippen molar-refractivity contribution in [3.63, 3.8) is 0 Å². The highest BCUT2D eigenvalue weighted by atomic mass is 16.3. The molecule has 0 spiro atoms. The predicted octanol–water partition coefficient (Wildman–Crippen LogP) is 2.14. The fourth-order valence-electron chi connectivity index (χ4n) is 4.40. The Hall–Kier alpha value is -1.69. The first kappa shape index (κ1) is 18.1. The average Bonchev–Trinajstić information content (AvgIpc) is 3.01. The molecule has 0 bridgehead atoms. The van der Waals surface area contributed by atoms with Crippen LogP contribution in [0.5, 0.6) is 0 Å². The van der Waals surface area contributed by atoms with Crippen LogP contribution in [0.25, 0.3) is 0 Å². The molecule has 25 heavy (non-hydrogen) atoms. The summed E-state index contributed by atoms with van der Waals surface area (Å²) in [6.45, 7) is 4.24. The summed E-state index contributed by atoms with van der Waals surface area (Å²) in [6, 6.07) is 1.96. The van der Waals surface area contributed by atoms with Crippen molar-refractivity contribution in [3.05, 3.63) is 18.5 Å². The fourth-order valence-corrected chi connectivity index (χ4v) is 4.40. The number of aliphatic hydroxyl groups is 1. The molecule has 2 N–H and O–H groups in total. The number of rotatable bonds is 6. The van der Waals surface area contributed by atoms with Gasteiger partial charge >= 0.3 is 0 Å². The van der Waals surface area contributed by atoms with Crippen LogP contribution in [0.15, 0.2) is 18.5 Å². The molecule has 2 aliphatic rings. The summed E-state index contributed by atoms with van der Waals surface area (Å²) in [6.07, 6.45) is 9.70. The van der Waals surface area contributed by atoms with E-state index in [-0.39, 0.29) is 24.6 Å². The number of carbonyl (C=O) groups is 1. The van der Waals surface area contributed by atoms with Crippen LogP contribution in [0, 0.1) is 11.8 Å². The molecule has 4 atom stereocenters. The van der Waals surface area contributed by atoms with Gasteiger partial charge in [-0.05, 0) is 43.6 Å². The number of hydrogen-bond acceptors (Lipinski definition) is 5. The first-order valence-corrected chi connectivity index (χ1v) is 9.58. The van der Waals surface area contributed by atoms with E-state index in [4.69, 9.17) is 0 Å². The van der Waals surface area contributed by atoms with Gasteiger partial charge in [-0.15, -0.1) is 0 Å². The van der Waals surface area contributed by atoms with Gasteiger partial charge in [0.2, 0.25) is 11.9 Å². The van der Waals surface area contributed by atoms with Crippen molar-refractivity contribution in [2.24, 2.45) is 11.8 Å². The summed E-state index contributed by atoms with van der Waals surface area (Å²) >= 11 is 0. The number of aliphatic hydroxyl groups excluding tert-OH is 1. The molecule has 4 unspecified atom stereocenters. The molecular formula is C19H30N4O2. The predicted molar refractivity (Wildman–Crippen MR) is 97.1 cm³/mol. The minimum absolute atomic E-state index is 0.00123. The molecule has 1 saturated heterocycles. The molecular weight excluding hydrogens is 316 g/mol. The minimum atomic E-state index is -0.213. The summed E-state index contributed by atoms with van der Waals surface area (Å²) in [5, 5.41) is 12.5. The van der Waals surface area contributed by atoms with Crippen LogP contribution in [0.1, 0.15) is 52.4 Å². The van der Waals surface area contributed by atoms with Gasteiger partial charge in [0.05, 0.1) is 0 Å². The van der Waals surface area contributed by atoms with Crippen molar-refractivity contribution in [1.29, 1.82) is 0 Å². The SMILES string of the molecule is CC(C)C(CCO)NC(=O)C1CC2CCCCC2N1c1ncccn1. The maximum atomic E-state index is 13.1. The van der Waals surface area contributed by atoms with Gasteiger partial charge in [0, 0.05) is 31.1 Å². The highest BCUT2D eigenvalue weighted by Gasteiger charge is 2.46. The van der Waals surface area contributed by atoms with E-state index >= 15 is 0 Å². The molecule has 1 saturated carbocycles. The van der Waals surface area contributed by atoms with Crippen molar-refractivity contribution in [3.8, 4) is 0 Å². The standard InChI is InChI=1S/C19H30N4O2/c1-13(2)15(8-11-24)22-18(25)17-12-14-6-3-4-7-16(14)23(17)19-20-9-5-10-21-19/h5,9-10,13-17,24H,3-4,6-8,11-12H2,1-2H3,(H,22,25). The van der Waals surface area contributed by atoms with Crippen molar-refractivity contribution >= 4 is 11.9 Å². The van der Waals surface area contributed by atoms with Crippen LogP contribution in [-0.2, 0) is 4.79 Å². The zero-order valence-electron chi connectivity index (χ0n) is 15.3. The fraction of sp³-hybridized carbons (Fsp3) is 0.737. The summed E-state index contributed by atoms with van der Waals surface area (Å²) in [5.74, 6) is 1.55. The number of fused-ring (bicyclic) bond motifs is 1. The average molecular weight is 346 g/mol. The van der Waals surface area contributed by atoms with Crippen LogP contribution in [0.2, 0.25) is 0 Å². The lowest BCUT2D eigenvalue weighted by Crippen LogP contribution is -2.51. The van der Waals surface area contributed by atoms with E-state index in [0.717, 1.165) is 12.8 Å². The van der Waals surface area contributed by atoms with E-state index in [1.165, 1.54) is 19.3 Å². The van der Waals surface area contributed by atoms with Gasteiger partial charge in [-0.1, -0.05) is 26.7 Å². The Morgan fingerprint density at radius 1 is 1.32 bits per heavy atom. The summed E-state index contributed by atoms with van der Waals surface area (Å²) < 4.78 is 0. The Balaban J connectivity index is 1.81. The Bertz CT molecular complexity index is 566. The van der Waals surface area contributed by atoms with E-state index in [9.17, 15) is 9.90 Å². The topological polar surface area (TPSA) is 78.4 Å². The maximum absolute atomic E-state index is 13.1. The lowest BCUT2D eigenvalue weighted by molar-refractivity contribution is -0.123. The Morgan fingerprint density at radius 2 is 2.04 bits per heavy atom. The summed E-state index contributed by atoms with van der Waals surface area (Å²) in [4.78, 5) is 24.1. The molecule has 6 heteroatoms. The molecule has 1 amide bonds. The third-order valence-electron chi connectivity index (χ3n) is 5.75. The first-order chi connectivity index (χ1) is 12.1. The third kappa shape index (κ3) is 3.94. The van der Waals surface area contributed by atoms with Crippen molar-refractivity contribution in [1.82, 2.24) is 15.3 Å². The van der Waals surface area contributed by atoms with Crippen LogP contribution in [0.4, 0.5) is 5.95 Å². The lowest BCUT2D eigenvalue weighted by atomic mass is 9.84. The van der Waals surface area contributed by atoms with Gasteiger partial charge < -0.3 is 15.3 Å². The smallest absolute Gasteiger partial charge is 0.243 e. The monoisotopic (exact) mass is 346 g/mol. The van der Waals surface area contributed by atoms with Gasteiger partial charge in [-0.2, -0.15) is 0 Å². The molecule has 1 aliphatic heterocycles. The number of carbonyl (C=O) groups excluding carboxylic acids is 1. The molecule has 1 aromatic rings. The van der Waals surface area contributed by atoms with E-state index in [1.807, 2.05) is 6.07 Å². The maximum Gasteiger partial charge on any atom is 0.243 e. The van der Waals surface area contributed by atoms with Crippen molar-refractivity contribution in [2.75, 3.05) is 11.5 Å². The number of hydrogen-bond donors (Lipinski definition) is 2. The van der Waals surface area contributed by atoms with E-state index in [0.29, 0.717) is 30.2 Å². The zero-order chi connectivity index (χ0) is 17.8. The Labute approximate surface area is 150 Å². The zero-order valence-corrected chi connectivity index (χ0v) is 15.3. The largest absolute Gasteiger partial charge is 0.396 e. The Morgan fingerprint density at radius 3 is 2.72 bits per heavy atom. The van der Waals surface area contributed by atoms with Gasteiger partial charge in [0.1, 0.15) is 6.04 Å². The van der Waals surface area contributed by atoms with Crippen molar-refractivity contribution < 1.29 is 9.90 Å². The molecule has 2 heterocycles. The van der Waals surface area contributed by atoms with Gasteiger partial charge in [0.15, 0.2) is 0 Å². The Kier molecular flexibility index (Phi) is 5.89. The van der Waals surface area contributed by atoms with Crippen LogP contribution in [-0.4, -0.2) is 45.7 Å². The van der Waals surface area contributed by atoms with Crippen LogP contribution in [0.3, 0.4) is 0 Å². The van der Waals surface area contributed by atoms with Gasteiger partial charge in [-0.3, -0.25) is 4.79 Å². The summed E-state index contributed by atoms with van der Waals surface area (Å²) in [5.41, 5.74) is 0. The molecule has 0 radical (unpaired) electrons. The molecule has 0 aromatic carbocycles. The first-order valence-electron chi connectivity index (χ1n) is 9.58. The number of nitrogens with zero attached hydrogens (tertiary/aromatic N) is 3. The molecule has 6 nitrogen and oxygen atoms in total.